The molecule has 0 aliphatic carbocycles. The monoisotopic (exact) mass is 222 g/mol. The number of likely N-dealkylation sites (tertiary alicyclic amines) is 1. The van der Waals surface area contributed by atoms with Crippen molar-refractivity contribution in [3.8, 4) is 0 Å². The zero-order valence-corrected chi connectivity index (χ0v) is 8.97. The molecule has 1 amide bonds. The average molecular weight is 222 g/mol. The van der Waals surface area contributed by atoms with Crippen molar-refractivity contribution in [2.75, 3.05) is 24.3 Å². The Bertz CT molecular complexity index is 395. The van der Waals surface area contributed by atoms with Gasteiger partial charge < -0.3 is 15.6 Å². The zero-order chi connectivity index (χ0) is 11.5. The van der Waals surface area contributed by atoms with E-state index >= 15 is 0 Å². The molecule has 0 saturated carbocycles. The number of carbonyl (C=O) groups excluding carboxylic acids is 1. The maximum Gasteiger partial charge on any atom is 0.244 e. The minimum Gasteiger partial charge on any atom is -0.358 e. The van der Waals surface area contributed by atoms with E-state index in [4.69, 9.17) is 5.84 Å². The van der Waals surface area contributed by atoms with Crippen LogP contribution in [0.5, 0.6) is 0 Å². The van der Waals surface area contributed by atoms with Crippen molar-refractivity contribution in [3.63, 3.8) is 0 Å². The fourth-order valence-electron chi connectivity index (χ4n) is 1.65. The lowest BCUT2D eigenvalue weighted by atomic mass is 10.2. The number of nitrogens with two attached hydrogens (primary N) is 1. The van der Waals surface area contributed by atoms with E-state index in [0.717, 1.165) is 13.0 Å². The van der Waals surface area contributed by atoms with Gasteiger partial charge in [-0.3, -0.25) is 4.79 Å². The number of hydrazine groups is 1. The number of nitrogens with zero attached hydrogens (tertiary/aromatic N) is 3. The first kappa shape index (κ1) is 10.6. The number of nitrogen functional groups attached to an aromatic ring is 1. The maximum atomic E-state index is 11.6. The minimum atomic E-state index is -0.203. The predicted octanol–water partition coefficient (Wildman–Crippen LogP) is -0.595. The highest BCUT2D eigenvalue weighted by Crippen LogP contribution is 2.15. The van der Waals surface area contributed by atoms with Gasteiger partial charge in [0.05, 0.1) is 0 Å². The summed E-state index contributed by atoms with van der Waals surface area (Å²) in [5.41, 5.74) is 2.43. The lowest BCUT2D eigenvalue weighted by Gasteiger charge is -2.12. The Kier molecular flexibility index (Phi) is 2.86. The molecule has 7 nitrogen and oxygen atoms in total. The molecule has 1 saturated heterocycles. The molecule has 1 fully saturated rings. The van der Waals surface area contributed by atoms with E-state index in [-0.39, 0.29) is 11.9 Å². The Labute approximate surface area is 93.0 Å². The molecule has 0 aromatic carbocycles. The van der Waals surface area contributed by atoms with Gasteiger partial charge in [-0.25, -0.2) is 15.8 Å². The quantitative estimate of drug-likeness (QED) is 0.467. The molecular formula is C9H14N6O. The normalized spacial score (nSPS) is 20.0. The summed E-state index contributed by atoms with van der Waals surface area (Å²) in [5.74, 6) is 6.42. The van der Waals surface area contributed by atoms with Gasteiger partial charge in [0.15, 0.2) is 0 Å². The summed E-state index contributed by atoms with van der Waals surface area (Å²) in [7, 11) is 1.79. The molecule has 1 aliphatic heterocycles. The lowest BCUT2D eigenvalue weighted by Crippen LogP contribution is -2.31. The van der Waals surface area contributed by atoms with Gasteiger partial charge >= 0.3 is 0 Å². The molecule has 2 rings (SSSR count). The van der Waals surface area contributed by atoms with Gasteiger partial charge in [0, 0.05) is 19.7 Å². The van der Waals surface area contributed by atoms with Crippen molar-refractivity contribution < 1.29 is 4.79 Å². The third-order valence-corrected chi connectivity index (χ3v) is 2.56. The number of amides is 1. The van der Waals surface area contributed by atoms with E-state index in [0.29, 0.717) is 11.6 Å². The van der Waals surface area contributed by atoms with Crippen LogP contribution in [-0.4, -0.2) is 40.4 Å². The first-order chi connectivity index (χ1) is 7.70. The molecule has 7 heteroatoms. The van der Waals surface area contributed by atoms with Crippen molar-refractivity contribution in [2.24, 2.45) is 5.84 Å². The van der Waals surface area contributed by atoms with Gasteiger partial charge in [0.1, 0.15) is 24.0 Å². The third-order valence-electron chi connectivity index (χ3n) is 2.56. The fourth-order valence-corrected chi connectivity index (χ4v) is 1.65. The summed E-state index contributed by atoms with van der Waals surface area (Å²) in [6, 6.07) is 1.46. The second-order valence-corrected chi connectivity index (χ2v) is 3.68. The van der Waals surface area contributed by atoms with E-state index in [9.17, 15) is 4.79 Å². The van der Waals surface area contributed by atoms with Crippen molar-refractivity contribution in [1.29, 1.82) is 0 Å². The highest BCUT2D eigenvalue weighted by Gasteiger charge is 2.28. The van der Waals surface area contributed by atoms with Crippen LogP contribution in [-0.2, 0) is 4.79 Å². The average Bonchev–Trinajstić information content (AvgIpc) is 2.61. The Morgan fingerprint density at radius 2 is 2.25 bits per heavy atom. The molecule has 1 atom stereocenters. The fraction of sp³-hybridized carbons (Fsp3) is 0.444. The van der Waals surface area contributed by atoms with Gasteiger partial charge in [-0.15, -0.1) is 0 Å². The highest BCUT2D eigenvalue weighted by molar-refractivity contribution is 5.86. The Morgan fingerprint density at radius 1 is 1.50 bits per heavy atom. The van der Waals surface area contributed by atoms with E-state index < -0.39 is 0 Å². The summed E-state index contributed by atoms with van der Waals surface area (Å²) in [4.78, 5) is 21.2. The van der Waals surface area contributed by atoms with Gasteiger partial charge in [-0.1, -0.05) is 0 Å². The Balaban J connectivity index is 2.06. The summed E-state index contributed by atoms with van der Waals surface area (Å²) < 4.78 is 0. The summed E-state index contributed by atoms with van der Waals surface area (Å²) in [6.07, 6.45) is 2.17. The number of aromatic nitrogens is 2. The summed E-state index contributed by atoms with van der Waals surface area (Å²) >= 11 is 0. The van der Waals surface area contributed by atoms with Gasteiger partial charge in [-0.05, 0) is 6.42 Å². The van der Waals surface area contributed by atoms with Crippen molar-refractivity contribution >= 4 is 17.5 Å². The molecule has 1 unspecified atom stereocenters. The molecular weight excluding hydrogens is 208 g/mol. The van der Waals surface area contributed by atoms with Crippen LogP contribution in [0, 0.1) is 0 Å². The van der Waals surface area contributed by atoms with Crippen LogP contribution in [0.3, 0.4) is 0 Å². The molecule has 1 aromatic rings. The van der Waals surface area contributed by atoms with Crippen LogP contribution < -0.4 is 16.6 Å². The molecule has 16 heavy (non-hydrogen) atoms. The van der Waals surface area contributed by atoms with Crippen molar-refractivity contribution in [2.45, 2.75) is 12.5 Å². The first-order valence-corrected chi connectivity index (χ1v) is 5.01. The largest absolute Gasteiger partial charge is 0.358 e. The molecule has 86 valence electrons. The number of carbonyl (C=O) groups is 1. The molecule has 0 radical (unpaired) electrons. The zero-order valence-electron chi connectivity index (χ0n) is 8.97. The Morgan fingerprint density at radius 3 is 2.88 bits per heavy atom. The maximum absolute atomic E-state index is 11.6. The number of likely N-dealkylation sites (N-methyl/N-ethyl adjacent to an activating group) is 1. The van der Waals surface area contributed by atoms with Gasteiger partial charge in [0.25, 0.3) is 0 Å². The molecule has 4 N–H and O–H groups in total. The van der Waals surface area contributed by atoms with Crippen LogP contribution in [0.4, 0.5) is 11.6 Å². The molecule has 2 heterocycles. The topological polar surface area (TPSA) is 96.2 Å². The lowest BCUT2D eigenvalue weighted by molar-refractivity contribution is -0.127. The molecule has 1 aliphatic rings. The summed E-state index contributed by atoms with van der Waals surface area (Å²) in [5, 5.41) is 3.06. The van der Waals surface area contributed by atoms with Crippen LogP contribution in [0.1, 0.15) is 6.42 Å². The van der Waals surface area contributed by atoms with Crippen LogP contribution in [0.2, 0.25) is 0 Å². The second kappa shape index (κ2) is 4.31. The van der Waals surface area contributed by atoms with Crippen LogP contribution >= 0.6 is 0 Å². The standard InChI is InChI=1S/C9H14N6O/c1-15-3-2-6(9(15)16)13-7-4-8(14-10)12-5-11-7/h4-6H,2-3,10H2,1H3,(H2,11,12,13,14). The highest BCUT2D eigenvalue weighted by atomic mass is 16.2. The van der Waals surface area contributed by atoms with Crippen LogP contribution in [0.15, 0.2) is 12.4 Å². The minimum absolute atomic E-state index is 0.0841. The number of hydrogen-bond acceptors (Lipinski definition) is 6. The number of anilines is 2. The molecule has 0 bridgehead atoms. The van der Waals surface area contributed by atoms with Gasteiger partial charge in [-0.2, -0.15) is 0 Å². The first-order valence-electron chi connectivity index (χ1n) is 5.01. The smallest absolute Gasteiger partial charge is 0.244 e. The second-order valence-electron chi connectivity index (χ2n) is 3.68. The number of rotatable bonds is 3. The number of hydrogen-bond donors (Lipinski definition) is 3. The molecule has 1 aromatic heterocycles. The number of nitrogens with one attached hydrogen (secondary N) is 2. The van der Waals surface area contributed by atoms with Crippen molar-refractivity contribution in [3.05, 3.63) is 12.4 Å². The predicted molar refractivity (Wildman–Crippen MR) is 59.5 cm³/mol. The SMILES string of the molecule is CN1CCC(Nc2cc(NN)ncn2)C1=O. The van der Waals surface area contributed by atoms with E-state index in [1.165, 1.54) is 6.33 Å². The van der Waals surface area contributed by atoms with E-state index in [2.05, 4.69) is 20.7 Å². The van der Waals surface area contributed by atoms with Gasteiger partial charge in [0.2, 0.25) is 5.91 Å². The van der Waals surface area contributed by atoms with Crippen LogP contribution in [0.25, 0.3) is 0 Å². The summed E-state index contributed by atoms with van der Waals surface area (Å²) in [6.45, 7) is 0.767. The third kappa shape index (κ3) is 2.03. The Hall–Kier alpha value is -1.89. The van der Waals surface area contributed by atoms with E-state index in [1.807, 2.05) is 0 Å². The molecule has 0 spiro atoms. The van der Waals surface area contributed by atoms with E-state index in [1.54, 1.807) is 18.0 Å². The van der Waals surface area contributed by atoms with Crippen molar-refractivity contribution in [1.82, 2.24) is 14.9 Å².